The Bertz CT molecular complexity index is 574. The zero-order chi connectivity index (χ0) is 13.7. The van der Waals surface area contributed by atoms with E-state index in [-0.39, 0.29) is 11.7 Å². The molecule has 100 valence electrons. The van der Waals surface area contributed by atoms with Crippen molar-refractivity contribution in [2.24, 2.45) is 5.10 Å². The van der Waals surface area contributed by atoms with Crippen molar-refractivity contribution >= 4 is 34.5 Å². The number of carbonyl (C=O) groups is 1. The summed E-state index contributed by atoms with van der Waals surface area (Å²) in [6, 6.07) is 7.50. The lowest BCUT2D eigenvalue weighted by Crippen LogP contribution is -2.20. The summed E-state index contributed by atoms with van der Waals surface area (Å²) in [5, 5.41) is 4.44. The number of benzene rings is 1. The largest absolute Gasteiger partial charge is 0.431 e. The average molecular weight is 277 g/mol. The summed E-state index contributed by atoms with van der Waals surface area (Å²) < 4.78 is 5.50. The number of hydrazone groups is 1. The number of thioether (sulfide) groups is 1. The fourth-order valence-electron chi connectivity index (χ4n) is 1.31. The molecule has 2 rings (SSSR count). The van der Waals surface area contributed by atoms with Crippen LogP contribution < -0.4 is 5.43 Å². The number of oxazole rings is 1. The van der Waals surface area contributed by atoms with E-state index in [1.807, 2.05) is 38.1 Å². The van der Waals surface area contributed by atoms with Crippen LogP contribution in [0, 0.1) is 0 Å². The molecule has 2 aromatic rings. The van der Waals surface area contributed by atoms with Crippen LogP contribution in [0.2, 0.25) is 0 Å². The Morgan fingerprint density at radius 2 is 2.26 bits per heavy atom. The van der Waals surface area contributed by atoms with Gasteiger partial charge in [0.05, 0.1) is 5.75 Å². The van der Waals surface area contributed by atoms with Crippen LogP contribution in [0.5, 0.6) is 0 Å². The Morgan fingerprint density at radius 1 is 1.47 bits per heavy atom. The molecule has 0 radical (unpaired) electrons. The van der Waals surface area contributed by atoms with E-state index in [0.717, 1.165) is 23.2 Å². The molecular weight excluding hydrogens is 262 g/mol. The van der Waals surface area contributed by atoms with Gasteiger partial charge in [-0.1, -0.05) is 30.8 Å². The van der Waals surface area contributed by atoms with Gasteiger partial charge in [0.15, 0.2) is 5.58 Å². The first-order chi connectivity index (χ1) is 9.19. The molecule has 0 aliphatic rings. The molecule has 0 spiro atoms. The van der Waals surface area contributed by atoms with E-state index < -0.39 is 0 Å². The first kappa shape index (κ1) is 13.6. The molecular formula is C13H15N3O2S. The standard InChI is InChI=1S/C13H15N3O2S/c1-3-9(2)15-16-12(17)8-19-13-14-10-6-4-5-7-11(10)18-13/h4-7H,3,8H2,1-2H3,(H,16,17)/b15-9-. The summed E-state index contributed by atoms with van der Waals surface area (Å²) in [7, 11) is 0. The molecule has 1 aromatic heterocycles. The third kappa shape index (κ3) is 3.82. The number of nitrogens with one attached hydrogen (secondary N) is 1. The number of hydrogen-bond donors (Lipinski definition) is 1. The van der Waals surface area contributed by atoms with E-state index in [9.17, 15) is 4.79 Å². The maximum absolute atomic E-state index is 11.5. The van der Waals surface area contributed by atoms with Gasteiger partial charge in [-0.3, -0.25) is 4.79 Å². The molecule has 1 heterocycles. The number of hydrogen-bond acceptors (Lipinski definition) is 5. The molecule has 0 fully saturated rings. The summed E-state index contributed by atoms with van der Waals surface area (Å²) in [5.41, 5.74) is 4.91. The van der Waals surface area contributed by atoms with Gasteiger partial charge in [-0.15, -0.1) is 0 Å². The van der Waals surface area contributed by atoms with Gasteiger partial charge in [0.1, 0.15) is 5.52 Å². The Labute approximate surface area is 115 Å². The second-order valence-corrected chi connectivity index (χ2v) is 4.90. The Balaban J connectivity index is 1.90. The van der Waals surface area contributed by atoms with Crippen molar-refractivity contribution in [3.8, 4) is 0 Å². The van der Waals surface area contributed by atoms with Crippen LogP contribution in [0.3, 0.4) is 0 Å². The maximum atomic E-state index is 11.5. The smallest absolute Gasteiger partial charge is 0.257 e. The monoisotopic (exact) mass is 277 g/mol. The van der Waals surface area contributed by atoms with E-state index in [2.05, 4.69) is 15.5 Å². The van der Waals surface area contributed by atoms with Gasteiger partial charge in [0, 0.05) is 5.71 Å². The van der Waals surface area contributed by atoms with Crippen LogP contribution in [0.1, 0.15) is 20.3 Å². The second-order valence-electron chi connectivity index (χ2n) is 3.97. The molecule has 0 saturated heterocycles. The van der Waals surface area contributed by atoms with Gasteiger partial charge in [-0.05, 0) is 25.5 Å². The number of carbonyl (C=O) groups excluding carboxylic acids is 1. The van der Waals surface area contributed by atoms with Gasteiger partial charge in [0.25, 0.3) is 11.1 Å². The van der Waals surface area contributed by atoms with Crippen LogP contribution in [0.4, 0.5) is 0 Å². The minimum Gasteiger partial charge on any atom is -0.431 e. The van der Waals surface area contributed by atoms with Crippen molar-refractivity contribution in [2.45, 2.75) is 25.5 Å². The summed E-state index contributed by atoms with van der Waals surface area (Å²) >= 11 is 1.25. The van der Waals surface area contributed by atoms with Crippen molar-refractivity contribution in [1.82, 2.24) is 10.4 Å². The number of aromatic nitrogens is 1. The predicted octanol–water partition coefficient (Wildman–Crippen LogP) is 2.82. The fraction of sp³-hybridized carbons (Fsp3) is 0.308. The topological polar surface area (TPSA) is 67.5 Å². The highest BCUT2D eigenvalue weighted by Crippen LogP contribution is 2.22. The molecule has 0 aliphatic carbocycles. The van der Waals surface area contributed by atoms with Crippen LogP contribution in [0.15, 0.2) is 39.0 Å². The Morgan fingerprint density at radius 3 is 3.00 bits per heavy atom. The summed E-state index contributed by atoms with van der Waals surface area (Å²) in [5.74, 6) is 0.0629. The van der Waals surface area contributed by atoms with Gasteiger partial charge in [-0.2, -0.15) is 5.10 Å². The lowest BCUT2D eigenvalue weighted by Gasteiger charge is -1.98. The molecule has 0 aliphatic heterocycles. The molecule has 1 N–H and O–H groups in total. The van der Waals surface area contributed by atoms with E-state index in [1.165, 1.54) is 11.8 Å². The average Bonchev–Trinajstić information content (AvgIpc) is 2.85. The van der Waals surface area contributed by atoms with E-state index in [4.69, 9.17) is 4.42 Å². The van der Waals surface area contributed by atoms with E-state index in [0.29, 0.717) is 5.22 Å². The quantitative estimate of drug-likeness (QED) is 0.518. The minimum atomic E-state index is -0.167. The van der Waals surface area contributed by atoms with Gasteiger partial charge in [-0.25, -0.2) is 10.4 Å². The molecule has 19 heavy (non-hydrogen) atoms. The van der Waals surface area contributed by atoms with E-state index >= 15 is 0 Å². The maximum Gasteiger partial charge on any atom is 0.257 e. The first-order valence-electron chi connectivity index (χ1n) is 5.99. The normalized spacial score (nSPS) is 11.8. The Hall–Kier alpha value is -1.82. The van der Waals surface area contributed by atoms with Crippen LogP contribution in [-0.2, 0) is 4.79 Å². The fourth-order valence-corrected chi connectivity index (χ4v) is 1.94. The number of rotatable bonds is 5. The van der Waals surface area contributed by atoms with Gasteiger partial charge in [0.2, 0.25) is 0 Å². The molecule has 0 saturated carbocycles. The molecule has 5 nitrogen and oxygen atoms in total. The third-order valence-corrected chi connectivity index (χ3v) is 3.31. The van der Waals surface area contributed by atoms with Crippen LogP contribution in [-0.4, -0.2) is 22.4 Å². The third-order valence-electron chi connectivity index (χ3n) is 2.48. The zero-order valence-electron chi connectivity index (χ0n) is 10.8. The summed E-state index contributed by atoms with van der Waals surface area (Å²) in [6.45, 7) is 3.85. The highest BCUT2D eigenvalue weighted by Gasteiger charge is 2.08. The first-order valence-corrected chi connectivity index (χ1v) is 6.98. The number of amides is 1. The molecule has 0 unspecified atom stereocenters. The number of para-hydroxylation sites is 2. The summed E-state index contributed by atoms with van der Waals surface area (Å²) in [6.07, 6.45) is 0.818. The van der Waals surface area contributed by atoms with Gasteiger partial charge < -0.3 is 4.42 Å². The highest BCUT2D eigenvalue weighted by molar-refractivity contribution is 7.99. The highest BCUT2D eigenvalue weighted by atomic mass is 32.2. The minimum absolute atomic E-state index is 0.167. The van der Waals surface area contributed by atoms with Crippen molar-refractivity contribution in [3.63, 3.8) is 0 Å². The molecule has 1 amide bonds. The lowest BCUT2D eigenvalue weighted by molar-refractivity contribution is -0.118. The van der Waals surface area contributed by atoms with Crippen molar-refractivity contribution in [1.29, 1.82) is 0 Å². The van der Waals surface area contributed by atoms with Gasteiger partial charge >= 0.3 is 0 Å². The van der Waals surface area contributed by atoms with Crippen molar-refractivity contribution in [3.05, 3.63) is 24.3 Å². The molecule has 0 bridgehead atoms. The van der Waals surface area contributed by atoms with E-state index in [1.54, 1.807) is 0 Å². The van der Waals surface area contributed by atoms with Crippen LogP contribution >= 0.6 is 11.8 Å². The molecule has 6 heteroatoms. The van der Waals surface area contributed by atoms with Crippen LogP contribution in [0.25, 0.3) is 11.1 Å². The zero-order valence-corrected chi connectivity index (χ0v) is 11.7. The SMILES string of the molecule is CC/C(C)=N\NC(=O)CSc1nc2ccccc2o1. The lowest BCUT2D eigenvalue weighted by atomic mass is 10.3. The number of nitrogens with zero attached hydrogens (tertiary/aromatic N) is 2. The Kier molecular flexibility index (Phi) is 4.57. The van der Waals surface area contributed by atoms with Crippen molar-refractivity contribution < 1.29 is 9.21 Å². The molecule has 0 atom stereocenters. The predicted molar refractivity (Wildman–Crippen MR) is 76.3 cm³/mol. The molecule has 1 aromatic carbocycles. The summed E-state index contributed by atoms with van der Waals surface area (Å²) in [4.78, 5) is 15.8. The van der Waals surface area contributed by atoms with Crippen molar-refractivity contribution in [2.75, 3.05) is 5.75 Å². The second kappa shape index (κ2) is 6.38. The number of fused-ring (bicyclic) bond motifs is 1.